The van der Waals surface area contributed by atoms with E-state index in [0.29, 0.717) is 18.8 Å². The molecule has 0 bridgehead atoms. The molecule has 0 heterocycles. The Morgan fingerprint density at radius 3 is 2.38 bits per heavy atom. The van der Waals surface area contributed by atoms with Crippen molar-refractivity contribution in [2.45, 2.75) is 38.8 Å². The SMILES string of the molecule is CC(C)C(CN(C)C)NC(=O)CCC(N)c1ccccc1. The van der Waals surface area contributed by atoms with E-state index in [1.807, 2.05) is 44.4 Å². The smallest absolute Gasteiger partial charge is 0.220 e. The first-order valence-corrected chi connectivity index (χ1v) is 7.64. The van der Waals surface area contributed by atoms with Crippen LogP contribution in [0, 0.1) is 5.92 Å². The number of amides is 1. The fourth-order valence-electron chi connectivity index (χ4n) is 2.25. The van der Waals surface area contributed by atoms with Gasteiger partial charge in [-0.1, -0.05) is 44.2 Å². The number of nitrogens with two attached hydrogens (primary N) is 1. The van der Waals surface area contributed by atoms with Gasteiger partial charge in [0.05, 0.1) is 0 Å². The van der Waals surface area contributed by atoms with Gasteiger partial charge in [-0.15, -0.1) is 0 Å². The average molecular weight is 291 g/mol. The number of carbonyl (C=O) groups is 1. The largest absolute Gasteiger partial charge is 0.352 e. The van der Waals surface area contributed by atoms with Crippen LogP contribution in [0.15, 0.2) is 30.3 Å². The van der Waals surface area contributed by atoms with Crippen molar-refractivity contribution in [3.05, 3.63) is 35.9 Å². The summed E-state index contributed by atoms with van der Waals surface area (Å²) in [5.74, 6) is 0.501. The lowest BCUT2D eigenvalue weighted by atomic mass is 10.0. The summed E-state index contributed by atoms with van der Waals surface area (Å²) in [5, 5.41) is 3.12. The number of hydrogen-bond donors (Lipinski definition) is 2. The third-order valence-corrected chi connectivity index (χ3v) is 3.62. The molecule has 1 rings (SSSR count). The molecule has 0 aliphatic rings. The van der Waals surface area contributed by atoms with E-state index < -0.39 is 0 Å². The number of hydrogen-bond acceptors (Lipinski definition) is 3. The van der Waals surface area contributed by atoms with Crippen molar-refractivity contribution in [3.8, 4) is 0 Å². The third kappa shape index (κ3) is 6.74. The molecule has 2 atom stereocenters. The van der Waals surface area contributed by atoms with E-state index in [2.05, 4.69) is 24.1 Å². The van der Waals surface area contributed by atoms with Crippen LogP contribution in [0.1, 0.15) is 38.3 Å². The Hall–Kier alpha value is -1.39. The summed E-state index contributed by atoms with van der Waals surface area (Å²) >= 11 is 0. The first kappa shape index (κ1) is 17.7. The Kier molecular flexibility index (Phi) is 7.40. The number of nitrogens with one attached hydrogen (secondary N) is 1. The fourth-order valence-corrected chi connectivity index (χ4v) is 2.25. The van der Waals surface area contributed by atoms with Crippen molar-refractivity contribution in [2.75, 3.05) is 20.6 Å². The predicted molar refractivity (Wildman–Crippen MR) is 87.9 cm³/mol. The highest BCUT2D eigenvalue weighted by atomic mass is 16.1. The Morgan fingerprint density at radius 2 is 1.86 bits per heavy atom. The van der Waals surface area contributed by atoms with Crippen LogP contribution in [0.4, 0.5) is 0 Å². The molecule has 0 saturated heterocycles. The lowest BCUT2D eigenvalue weighted by molar-refractivity contribution is -0.122. The van der Waals surface area contributed by atoms with Gasteiger partial charge >= 0.3 is 0 Å². The van der Waals surface area contributed by atoms with Crippen LogP contribution in [-0.4, -0.2) is 37.5 Å². The van der Waals surface area contributed by atoms with Gasteiger partial charge in [-0.05, 0) is 32.0 Å². The molecule has 1 aromatic rings. The van der Waals surface area contributed by atoms with Crippen molar-refractivity contribution in [3.63, 3.8) is 0 Å². The van der Waals surface area contributed by atoms with Crippen molar-refractivity contribution in [1.29, 1.82) is 0 Å². The minimum Gasteiger partial charge on any atom is -0.352 e. The molecule has 0 aliphatic heterocycles. The van der Waals surface area contributed by atoms with Crippen molar-refractivity contribution in [2.24, 2.45) is 11.7 Å². The zero-order valence-electron chi connectivity index (χ0n) is 13.7. The second-order valence-electron chi connectivity index (χ2n) is 6.24. The molecule has 1 aromatic carbocycles. The van der Waals surface area contributed by atoms with E-state index in [9.17, 15) is 4.79 Å². The Morgan fingerprint density at radius 1 is 1.24 bits per heavy atom. The Balaban J connectivity index is 2.42. The van der Waals surface area contributed by atoms with Gasteiger partial charge in [0.25, 0.3) is 0 Å². The van der Waals surface area contributed by atoms with Crippen LogP contribution in [-0.2, 0) is 4.79 Å². The van der Waals surface area contributed by atoms with Crippen LogP contribution >= 0.6 is 0 Å². The zero-order valence-corrected chi connectivity index (χ0v) is 13.7. The minimum atomic E-state index is -0.0803. The summed E-state index contributed by atoms with van der Waals surface area (Å²) in [6.45, 7) is 5.11. The molecule has 2 unspecified atom stereocenters. The second kappa shape index (κ2) is 8.80. The van der Waals surface area contributed by atoms with Gasteiger partial charge in [-0.2, -0.15) is 0 Å². The van der Waals surface area contributed by atoms with Gasteiger partial charge in [0, 0.05) is 25.0 Å². The van der Waals surface area contributed by atoms with Crippen LogP contribution in [0.25, 0.3) is 0 Å². The first-order valence-electron chi connectivity index (χ1n) is 7.64. The van der Waals surface area contributed by atoms with Crippen molar-refractivity contribution < 1.29 is 4.79 Å². The molecule has 0 spiro atoms. The molecule has 0 fully saturated rings. The van der Waals surface area contributed by atoms with Gasteiger partial charge in [0.2, 0.25) is 5.91 Å². The highest BCUT2D eigenvalue weighted by Gasteiger charge is 2.17. The third-order valence-electron chi connectivity index (χ3n) is 3.62. The Bertz CT molecular complexity index is 417. The highest BCUT2D eigenvalue weighted by Crippen LogP contribution is 2.15. The molecular weight excluding hydrogens is 262 g/mol. The molecule has 0 radical (unpaired) electrons. The standard InChI is InChI=1S/C17H29N3O/c1-13(2)16(12-20(3)4)19-17(21)11-10-15(18)14-8-6-5-7-9-14/h5-9,13,15-16H,10-12,18H2,1-4H3,(H,19,21). The monoisotopic (exact) mass is 291 g/mol. The molecule has 0 saturated carbocycles. The van der Waals surface area contributed by atoms with Crippen LogP contribution in [0.5, 0.6) is 0 Å². The molecule has 0 aromatic heterocycles. The molecule has 21 heavy (non-hydrogen) atoms. The molecule has 1 amide bonds. The van der Waals surface area contributed by atoms with E-state index >= 15 is 0 Å². The maximum Gasteiger partial charge on any atom is 0.220 e. The number of rotatable bonds is 8. The van der Waals surface area contributed by atoms with Crippen LogP contribution in [0.2, 0.25) is 0 Å². The highest BCUT2D eigenvalue weighted by molar-refractivity contribution is 5.76. The summed E-state index contributed by atoms with van der Waals surface area (Å²) in [6, 6.07) is 10.0. The Labute approximate surface area is 128 Å². The zero-order chi connectivity index (χ0) is 15.8. The first-order chi connectivity index (χ1) is 9.90. The molecule has 118 valence electrons. The van der Waals surface area contributed by atoms with Crippen LogP contribution in [0.3, 0.4) is 0 Å². The summed E-state index contributed by atoms with van der Waals surface area (Å²) in [5.41, 5.74) is 7.21. The fraction of sp³-hybridized carbons (Fsp3) is 0.588. The summed E-state index contributed by atoms with van der Waals surface area (Å²) in [4.78, 5) is 14.2. The van der Waals surface area contributed by atoms with E-state index in [-0.39, 0.29) is 18.0 Å². The van der Waals surface area contributed by atoms with Gasteiger partial charge in [0.1, 0.15) is 0 Å². The molecule has 4 nitrogen and oxygen atoms in total. The topological polar surface area (TPSA) is 58.4 Å². The normalized spacial score (nSPS) is 14.2. The van der Waals surface area contributed by atoms with Gasteiger partial charge < -0.3 is 16.0 Å². The minimum absolute atomic E-state index is 0.0803. The molecule has 0 aliphatic carbocycles. The van der Waals surface area contributed by atoms with Crippen molar-refractivity contribution in [1.82, 2.24) is 10.2 Å². The van der Waals surface area contributed by atoms with E-state index in [0.717, 1.165) is 12.1 Å². The number of benzene rings is 1. The number of nitrogens with zero attached hydrogens (tertiary/aromatic N) is 1. The summed E-state index contributed by atoms with van der Waals surface area (Å²) in [7, 11) is 4.04. The molecule has 3 N–H and O–H groups in total. The van der Waals surface area contributed by atoms with Gasteiger partial charge in [-0.25, -0.2) is 0 Å². The predicted octanol–water partition coefficient (Wildman–Crippen LogP) is 2.17. The maximum absolute atomic E-state index is 12.1. The average Bonchev–Trinajstić information content (AvgIpc) is 2.44. The number of carbonyl (C=O) groups excluding carboxylic acids is 1. The summed E-state index contributed by atoms with van der Waals surface area (Å²) < 4.78 is 0. The van der Waals surface area contributed by atoms with E-state index in [4.69, 9.17) is 5.73 Å². The van der Waals surface area contributed by atoms with E-state index in [1.54, 1.807) is 0 Å². The van der Waals surface area contributed by atoms with Gasteiger partial charge in [0.15, 0.2) is 0 Å². The lowest BCUT2D eigenvalue weighted by Gasteiger charge is -2.26. The maximum atomic E-state index is 12.1. The van der Waals surface area contributed by atoms with Crippen molar-refractivity contribution >= 4 is 5.91 Å². The second-order valence-corrected chi connectivity index (χ2v) is 6.24. The number of likely N-dealkylation sites (N-methyl/N-ethyl adjacent to an activating group) is 1. The lowest BCUT2D eigenvalue weighted by Crippen LogP contribution is -2.45. The quantitative estimate of drug-likeness (QED) is 0.772. The van der Waals surface area contributed by atoms with Crippen LogP contribution < -0.4 is 11.1 Å². The van der Waals surface area contributed by atoms with Gasteiger partial charge in [-0.3, -0.25) is 4.79 Å². The summed E-state index contributed by atoms with van der Waals surface area (Å²) in [6.07, 6.45) is 1.13. The molecule has 4 heteroatoms. The molecular formula is C17H29N3O. The van der Waals surface area contributed by atoms with E-state index in [1.165, 1.54) is 0 Å².